The lowest BCUT2D eigenvalue weighted by atomic mass is 9.69. The topological polar surface area (TPSA) is 12.0 Å². The van der Waals surface area contributed by atoms with Crippen molar-refractivity contribution >= 4 is 16.5 Å². The van der Waals surface area contributed by atoms with Crippen molar-refractivity contribution in [3.05, 3.63) is 42.5 Å². The van der Waals surface area contributed by atoms with Crippen LogP contribution in [0.15, 0.2) is 42.5 Å². The highest BCUT2D eigenvalue weighted by Crippen LogP contribution is 2.40. The second-order valence-electron chi connectivity index (χ2n) is 7.53. The Labute approximate surface area is 128 Å². The summed E-state index contributed by atoms with van der Waals surface area (Å²) in [7, 11) is 0. The molecule has 1 saturated carbocycles. The van der Waals surface area contributed by atoms with Gasteiger partial charge in [0.15, 0.2) is 0 Å². The third-order valence-corrected chi connectivity index (χ3v) is 5.01. The van der Waals surface area contributed by atoms with E-state index in [1.54, 1.807) is 0 Å². The summed E-state index contributed by atoms with van der Waals surface area (Å²) in [4.78, 5) is 0. The number of nitrogens with one attached hydrogen (secondary N) is 1. The Kier molecular flexibility index (Phi) is 3.93. The van der Waals surface area contributed by atoms with Crippen LogP contribution in [-0.4, -0.2) is 6.04 Å². The Morgan fingerprint density at radius 2 is 1.62 bits per heavy atom. The first-order chi connectivity index (χ1) is 10.1. The molecule has 0 saturated heterocycles. The number of hydrogen-bond acceptors (Lipinski definition) is 1. The van der Waals surface area contributed by atoms with Gasteiger partial charge in [-0.25, -0.2) is 0 Å². The molecule has 0 bridgehead atoms. The van der Waals surface area contributed by atoms with Gasteiger partial charge in [-0.3, -0.25) is 0 Å². The molecule has 1 heteroatoms. The molecule has 0 heterocycles. The maximum Gasteiger partial charge on any atom is 0.0422 e. The van der Waals surface area contributed by atoms with Gasteiger partial charge < -0.3 is 5.32 Å². The Morgan fingerprint density at radius 1 is 0.905 bits per heavy atom. The van der Waals surface area contributed by atoms with Crippen molar-refractivity contribution in [3.8, 4) is 0 Å². The fraction of sp³-hybridized carbons (Fsp3) is 0.500. The summed E-state index contributed by atoms with van der Waals surface area (Å²) in [5.41, 5.74) is 1.68. The average Bonchev–Trinajstić information content (AvgIpc) is 2.47. The van der Waals surface area contributed by atoms with Crippen LogP contribution in [0.5, 0.6) is 0 Å². The summed E-state index contributed by atoms with van der Waals surface area (Å²) in [5.74, 6) is 0.755. The van der Waals surface area contributed by atoms with Crippen LogP contribution in [0.25, 0.3) is 10.8 Å². The molecule has 112 valence electrons. The van der Waals surface area contributed by atoms with Crippen molar-refractivity contribution in [2.24, 2.45) is 11.3 Å². The van der Waals surface area contributed by atoms with Crippen LogP contribution < -0.4 is 5.32 Å². The average molecular weight is 281 g/mol. The molecule has 0 aromatic heterocycles. The molecule has 21 heavy (non-hydrogen) atoms. The van der Waals surface area contributed by atoms with Gasteiger partial charge in [-0.15, -0.1) is 0 Å². The zero-order valence-electron chi connectivity index (χ0n) is 13.5. The van der Waals surface area contributed by atoms with Crippen LogP contribution in [-0.2, 0) is 0 Å². The zero-order valence-corrected chi connectivity index (χ0v) is 13.5. The molecule has 2 unspecified atom stereocenters. The van der Waals surface area contributed by atoms with E-state index < -0.39 is 0 Å². The third-order valence-electron chi connectivity index (χ3n) is 5.01. The van der Waals surface area contributed by atoms with Crippen LogP contribution in [0.1, 0.15) is 46.5 Å². The molecular formula is C20H27N. The van der Waals surface area contributed by atoms with E-state index in [1.807, 2.05) is 0 Å². The minimum absolute atomic E-state index is 0.378. The summed E-state index contributed by atoms with van der Waals surface area (Å²) < 4.78 is 0. The lowest BCUT2D eigenvalue weighted by Gasteiger charge is -2.41. The molecule has 0 aliphatic heterocycles. The van der Waals surface area contributed by atoms with Gasteiger partial charge in [-0.2, -0.15) is 0 Å². The second-order valence-corrected chi connectivity index (χ2v) is 7.53. The Bertz CT molecular complexity index is 603. The molecule has 0 amide bonds. The van der Waals surface area contributed by atoms with E-state index in [-0.39, 0.29) is 0 Å². The normalized spacial score (nSPS) is 23.2. The molecule has 1 aliphatic rings. The lowest BCUT2D eigenvalue weighted by molar-refractivity contribution is 0.163. The second kappa shape index (κ2) is 5.71. The minimum atomic E-state index is 0.378. The quantitative estimate of drug-likeness (QED) is 0.727. The molecule has 0 radical (unpaired) electrons. The van der Waals surface area contributed by atoms with E-state index >= 15 is 0 Å². The smallest absolute Gasteiger partial charge is 0.0422 e. The molecule has 1 nitrogen and oxygen atoms in total. The first-order valence-corrected chi connectivity index (χ1v) is 8.30. The molecule has 1 N–H and O–H groups in total. The highest BCUT2D eigenvalue weighted by atomic mass is 14.9. The number of anilines is 1. The summed E-state index contributed by atoms with van der Waals surface area (Å²) in [6.07, 6.45) is 5.39. The fourth-order valence-electron chi connectivity index (χ4n) is 3.89. The predicted molar refractivity (Wildman–Crippen MR) is 92.8 cm³/mol. The summed E-state index contributed by atoms with van der Waals surface area (Å²) in [5, 5.41) is 6.55. The van der Waals surface area contributed by atoms with Crippen LogP contribution in [0.4, 0.5) is 5.69 Å². The van der Waals surface area contributed by atoms with E-state index in [2.05, 4.69) is 68.6 Å². The summed E-state index contributed by atoms with van der Waals surface area (Å²) in [6, 6.07) is 15.9. The van der Waals surface area contributed by atoms with Gasteiger partial charge in [0.25, 0.3) is 0 Å². The fourth-order valence-corrected chi connectivity index (χ4v) is 3.89. The zero-order chi connectivity index (χ0) is 14.9. The first-order valence-electron chi connectivity index (χ1n) is 8.30. The van der Waals surface area contributed by atoms with E-state index in [9.17, 15) is 0 Å². The Balaban J connectivity index is 1.90. The monoisotopic (exact) mass is 281 g/mol. The molecule has 2 atom stereocenters. The van der Waals surface area contributed by atoms with Crippen molar-refractivity contribution in [3.63, 3.8) is 0 Å². The highest BCUT2D eigenvalue weighted by Gasteiger charge is 2.34. The molecular weight excluding hydrogens is 254 g/mol. The predicted octanol–water partition coefficient (Wildman–Crippen LogP) is 5.86. The molecule has 0 spiro atoms. The van der Waals surface area contributed by atoms with E-state index in [4.69, 9.17) is 0 Å². The Morgan fingerprint density at radius 3 is 2.43 bits per heavy atom. The number of benzene rings is 2. The van der Waals surface area contributed by atoms with E-state index in [1.165, 1.54) is 42.1 Å². The maximum absolute atomic E-state index is 3.88. The first kappa shape index (κ1) is 14.4. The molecule has 1 fully saturated rings. The molecule has 2 aromatic carbocycles. The van der Waals surface area contributed by atoms with Gasteiger partial charge in [-0.05, 0) is 35.6 Å². The van der Waals surface area contributed by atoms with Crippen LogP contribution in [0.3, 0.4) is 0 Å². The minimum Gasteiger partial charge on any atom is -0.382 e. The standard InChI is InChI=1S/C20H27N/c1-20(2,3)17-12-6-7-13-19(17)21-18-14-8-10-15-9-4-5-11-16(15)18/h4-5,8-11,14,17,19,21H,6-7,12-13H2,1-3H3. The van der Waals surface area contributed by atoms with Gasteiger partial charge in [-0.1, -0.05) is 70.0 Å². The molecule has 2 aromatic rings. The van der Waals surface area contributed by atoms with Crippen LogP contribution in [0, 0.1) is 11.3 Å². The van der Waals surface area contributed by atoms with Crippen LogP contribution >= 0.6 is 0 Å². The maximum atomic E-state index is 3.88. The number of hydrogen-bond donors (Lipinski definition) is 1. The Hall–Kier alpha value is -1.50. The van der Waals surface area contributed by atoms with Crippen molar-refractivity contribution in [1.29, 1.82) is 0 Å². The number of fused-ring (bicyclic) bond motifs is 1. The summed E-state index contributed by atoms with van der Waals surface area (Å²) in [6.45, 7) is 7.17. The molecule has 1 aliphatic carbocycles. The van der Waals surface area contributed by atoms with E-state index in [0.29, 0.717) is 11.5 Å². The van der Waals surface area contributed by atoms with Crippen molar-refractivity contribution < 1.29 is 0 Å². The largest absolute Gasteiger partial charge is 0.382 e. The van der Waals surface area contributed by atoms with Crippen molar-refractivity contribution in [2.75, 3.05) is 5.32 Å². The van der Waals surface area contributed by atoms with Gasteiger partial charge in [0, 0.05) is 17.1 Å². The van der Waals surface area contributed by atoms with Gasteiger partial charge in [0.1, 0.15) is 0 Å². The third kappa shape index (κ3) is 3.07. The lowest BCUT2D eigenvalue weighted by Crippen LogP contribution is -2.39. The van der Waals surface area contributed by atoms with Gasteiger partial charge >= 0.3 is 0 Å². The summed E-state index contributed by atoms with van der Waals surface area (Å²) >= 11 is 0. The van der Waals surface area contributed by atoms with Crippen molar-refractivity contribution in [1.82, 2.24) is 0 Å². The van der Waals surface area contributed by atoms with Crippen LogP contribution in [0.2, 0.25) is 0 Å². The van der Waals surface area contributed by atoms with E-state index in [0.717, 1.165) is 5.92 Å². The highest BCUT2D eigenvalue weighted by molar-refractivity contribution is 5.93. The van der Waals surface area contributed by atoms with Gasteiger partial charge in [0.2, 0.25) is 0 Å². The molecule has 3 rings (SSSR count). The number of rotatable bonds is 2. The van der Waals surface area contributed by atoms with Crippen molar-refractivity contribution in [2.45, 2.75) is 52.5 Å². The SMILES string of the molecule is CC(C)(C)C1CCCCC1Nc1cccc2ccccc12. The van der Waals surface area contributed by atoms with Gasteiger partial charge in [0.05, 0.1) is 0 Å².